The fraction of sp³-hybridized carbons (Fsp3) is 0.500. The Morgan fingerprint density at radius 1 is 1.16 bits per heavy atom. The van der Waals surface area contributed by atoms with Crippen LogP contribution in [0.4, 0.5) is 0 Å². The van der Waals surface area contributed by atoms with Crippen molar-refractivity contribution in [3.05, 3.63) is 32.2 Å². The Morgan fingerprint density at radius 3 is 2.44 bits per heavy atom. The number of aromatic nitrogens is 5. The van der Waals surface area contributed by atoms with Gasteiger partial charge in [-0.1, -0.05) is 13.3 Å². The van der Waals surface area contributed by atoms with Crippen LogP contribution in [0.2, 0.25) is 0 Å². The lowest BCUT2D eigenvalue weighted by Crippen LogP contribution is -2.42. The summed E-state index contributed by atoms with van der Waals surface area (Å²) < 4.78 is 5.96. The lowest BCUT2D eigenvalue weighted by molar-refractivity contribution is -0.118. The summed E-state index contributed by atoms with van der Waals surface area (Å²) in [4.78, 5) is 41.1. The van der Waals surface area contributed by atoms with E-state index in [0.717, 1.165) is 35.3 Å². The predicted molar refractivity (Wildman–Crippen MR) is 93.8 cm³/mol. The Hall–Kier alpha value is -2.84. The molecule has 0 radical (unpaired) electrons. The maximum atomic E-state index is 12.9. The number of amides is 1. The van der Waals surface area contributed by atoms with Gasteiger partial charge in [0.25, 0.3) is 5.56 Å². The van der Waals surface area contributed by atoms with E-state index in [-0.39, 0.29) is 5.52 Å². The van der Waals surface area contributed by atoms with Crippen LogP contribution in [-0.2, 0) is 24.9 Å². The van der Waals surface area contributed by atoms with Crippen LogP contribution in [-0.4, -0.2) is 29.0 Å². The Morgan fingerprint density at radius 2 is 1.84 bits per heavy atom. The van der Waals surface area contributed by atoms with Crippen molar-refractivity contribution in [1.82, 2.24) is 23.1 Å². The SMILES string of the molecule is CCCCn1c(C)c(C)n2c3c(=O)n(CC(N)=O)c(=O)n(C)c3nc12. The largest absolute Gasteiger partial charge is 0.368 e. The van der Waals surface area contributed by atoms with E-state index in [4.69, 9.17) is 5.73 Å². The van der Waals surface area contributed by atoms with E-state index in [1.807, 2.05) is 13.8 Å². The number of carbonyl (C=O) groups is 1. The van der Waals surface area contributed by atoms with Crippen molar-refractivity contribution in [2.75, 3.05) is 0 Å². The topological polar surface area (TPSA) is 109 Å². The first kappa shape index (κ1) is 17.0. The molecule has 9 nitrogen and oxygen atoms in total. The van der Waals surface area contributed by atoms with Gasteiger partial charge in [0.05, 0.1) is 0 Å². The summed E-state index contributed by atoms with van der Waals surface area (Å²) in [5, 5.41) is 0. The molecule has 0 aliphatic rings. The maximum absolute atomic E-state index is 12.9. The van der Waals surface area contributed by atoms with E-state index < -0.39 is 23.7 Å². The second-order valence-electron chi connectivity index (χ2n) is 6.29. The molecule has 25 heavy (non-hydrogen) atoms. The summed E-state index contributed by atoms with van der Waals surface area (Å²) >= 11 is 0. The van der Waals surface area contributed by atoms with Gasteiger partial charge in [0.1, 0.15) is 6.54 Å². The molecule has 0 atom stereocenters. The third kappa shape index (κ3) is 2.38. The molecule has 0 unspecified atom stereocenters. The van der Waals surface area contributed by atoms with Crippen molar-refractivity contribution in [3.63, 3.8) is 0 Å². The van der Waals surface area contributed by atoms with Gasteiger partial charge < -0.3 is 10.3 Å². The highest BCUT2D eigenvalue weighted by Crippen LogP contribution is 2.21. The maximum Gasteiger partial charge on any atom is 0.332 e. The van der Waals surface area contributed by atoms with E-state index >= 15 is 0 Å². The highest BCUT2D eigenvalue weighted by molar-refractivity contribution is 5.77. The van der Waals surface area contributed by atoms with Crippen LogP contribution in [0.25, 0.3) is 16.9 Å². The lowest BCUT2D eigenvalue weighted by Gasteiger charge is -2.07. The molecule has 2 N–H and O–H groups in total. The number of nitrogens with zero attached hydrogens (tertiary/aromatic N) is 5. The van der Waals surface area contributed by atoms with Crippen molar-refractivity contribution >= 4 is 22.8 Å². The number of rotatable bonds is 5. The van der Waals surface area contributed by atoms with Gasteiger partial charge in [0.2, 0.25) is 11.7 Å². The number of imidazole rings is 2. The Labute approximate surface area is 143 Å². The molecule has 0 aliphatic carbocycles. The molecular weight excluding hydrogens is 324 g/mol. The zero-order valence-corrected chi connectivity index (χ0v) is 14.9. The van der Waals surface area contributed by atoms with Crippen molar-refractivity contribution in [3.8, 4) is 0 Å². The highest BCUT2D eigenvalue weighted by atomic mass is 16.2. The second kappa shape index (κ2) is 5.91. The van der Waals surface area contributed by atoms with Gasteiger partial charge in [-0.05, 0) is 20.3 Å². The number of carbonyl (C=O) groups excluding carboxylic acids is 1. The monoisotopic (exact) mass is 346 g/mol. The second-order valence-corrected chi connectivity index (χ2v) is 6.29. The molecule has 134 valence electrons. The summed E-state index contributed by atoms with van der Waals surface area (Å²) in [5.41, 5.74) is 6.52. The molecule has 0 aliphatic heterocycles. The van der Waals surface area contributed by atoms with E-state index in [1.54, 1.807) is 4.40 Å². The number of nitrogens with two attached hydrogens (primary N) is 1. The first-order valence-electron chi connectivity index (χ1n) is 8.25. The summed E-state index contributed by atoms with van der Waals surface area (Å²) in [6, 6.07) is 0. The Kier molecular flexibility index (Phi) is 4.02. The molecule has 0 saturated carbocycles. The minimum absolute atomic E-state index is 0.286. The number of primary amides is 1. The number of fused-ring (bicyclic) bond motifs is 3. The molecule has 0 fully saturated rings. The normalized spacial score (nSPS) is 11.7. The van der Waals surface area contributed by atoms with Crippen molar-refractivity contribution in [2.45, 2.75) is 46.7 Å². The fourth-order valence-corrected chi connectivity index (χ4v) is 3.19. The van der Waals surface area contributed by atoms with Crippen molar-refractivity contribution in [1.29, 1.82) is 0 Å². The summed E-state index contributed by atoms with van der Waals surface area (Å²) in [6.07, 6.45) is 2.02. The average molecular weight is 346 g/mol. The zero-order valence-electron chi connectivity index (χ0n) is 14.9. The highest BCUT2D eigenvalue weighted by Gasteiger charge is 2.22. The lowest BCUT2D eigenvalue weighted by atomic mass is 10.3. The number of unbranched alkanes of at least 4 members (excludes halogenated alkanes) is 1. The van der Waals surface area contributed by atoms with Crippen LogP contribution in [0.1, 0.15) is 31.2 Å². The van der Waals surface area contributed by atoms with E-state index in [9.17, 15) is 14.4 Å². The van der Waals surface area contributed by atoms with Crippen molar-refractivity contribution in [2.24, 2.45) is 12.8 Å². The van der Waals surface area contributed by atoms with Gasteiger partial charge in [0, 0.05) is 25.0 Å². The molecule has 9 heteroatoms. The van der Waals surface area contributed by atoms with Gasteiger partial charge in [0.15, 0.2) is 11.2 Å². The summed E-state index contributed by atoms with van der Waals surface area (Å²) in [6.45, 7) is 6.33. The average Bonchev–Trinajstić information content (AvgIpc) is 3.05. The first-order valence-corrected chi connectivity index (χ1v) is 8.25. The van der Waals surface area contributed by atoms with Gasteiger partial charge in [-0.3, -0.25) is 18.6 Å². The standard InChI is InChI=1S/C16H22N6O3/c1-5-6-7-20-9(2)10(3)22-12-13(18-15(20)22)19(4)16(25)21(14(12)24)8-11(17)23/h5-8H2,1-4H3,(H2,17,23). The van der Waals surface area contributed by atoms with Crippen LogP contribution < -0.4 is 17.0 Å². The molecule has 0 saturated heterocycles. The third-order valence-corrected chi connectivity index (χ3v) is 4.68. The van der Waals surface area contributed by atoms with E-state index in [2.05, 4.69) is 16.5 Å². The molecule has 0 bridgehead atoms. The summed E-state index contributed by atoms with van der Waals surface area (Å²) in [5.74, 6) is -0.116. The number of aryl methyl sites for hydroxylation is 3. The smallest absolute Gasteiger partial charge is 0.332 e. The van der Waals surface area contributed by atoms with Crippen molar-refractivity contribution < 1.29 is 4.79 Å². The molecule has 3 heterocycles. The Balaban J connectivity index is 2.46. The molecule has 3 aromatic heterocycles. The molecule has 3 aromatic rings. The van der Waals surface area contributed by atoms with Gasteiger partial charge in [-0.2, -0.15) is 4.98 Å². The van der Waals surface area contributed by atoms with Gasteiger partial charge in [-0.25, -0.2) is 9.36 Å². The van der Waals surface area contributed by atoms with Crippen LogP contribution >= 0.6 is 0 Å². The van der Waals surface area contributed by atoms with Gasteiger partial charge >= 0.3 is 5.69 Å². The minimum Gasteiger partial charge on any atom is -0.368 e. The van der Waals surface area contributed by atoms with E-state index in [1.165, 1.54) is 11.6 Å². The van der Waals surface area contributed by atoms with E-state index in [0.29, 0.717) is 11.4 Å². The Bertz CT molecular complexity index is 1110. The molecule has 0 spiro atoms. The minimum atomic E-state index is -0.743. The van der Waals surface area contributed by atoms with Crippen LogP contribution in [0.5, 0.6) is 0 Å². The molecule has 1 amide bonds. The quantitative estimate of drug-likeness (QED) is 0.704. The molecule has 0 aromatic carbocycles. The van der Waals surface area contributed by atoms with Gasteiger partial charge in [-0.15, -0.1) is 0 Å². The molecular formula is C16H22N6O3. The van der Waals surface area contributed by atoms with Crippen LogP contribution in [0.3, 0.4) is 0 Å². The zero-order chi connectivity index (χ0) is 18.5. The van der Waals surface area contributed by atoms with Crippen LogP contribution in [0, 0.1) is 13.8 Å². The van der Waals surface area contributed by atoms with Crippen LogP contribution in [0.15, 0.2) is 9.59 Å². The third-order valence-electron chi connectivity index (χ3n) is 4.68. The first-order chi connectivity index (χ1) is 11.8. The fourth-order valence-electron chi connectivity index (χ4n) is 3.19. The molecule has 3 rings (SSSR count). The number of hydrogen-bond donors (Lipinski definition) is 1. The summed E-state index contributed by atoms with van der Waals surface area (Å²) in [7, 11) is 1.53. The predicted octanol–water partition coefficient (Wildman–Crippen LogP) is 0.0516. The number of hydrogen-bond acceptors (Lipinski definition) is 4.